The van der Waals surface area contributed by atoms with Crippen LogP contribution in [0.2, 0.25) is 5.02 Å². The van der Waals surface area contributed by atoms with E-state index in [2.05, 4.69) is 20.2 Å². The molecule has 2 amide bonds. The average Bonchev–Trinajstić information content (AvgIpc) is 3.38. The summed E-state index contributed by atoms with van der Waals surface area (Å²) in [5.74, 6) is -0.410. The SMILES string of the molecule is O=C(Nc1nnc(S(=O)(=O)Nc2ccc(N3CCCC3=O)cc2)s1)c1ccc(Cl)cc1. The number of anilines is 3. The Kier molecular flexibility index (Phi) is 5.90. The summed E-state index contributed by atoms with van der Waals surface area (Å²) in [6.07, 6.45) is 1.32. The molecule has 0 atom stereocenters. The molecule has 0 spiro atoms. The maximum Gasteiger partial charge on any atom is 0.291 e. The highest BCUT2D eigenvalue weighted by Crippen LogP contribution is 2.26. The van der Waals surface area contributed by atoms with Crippen molar-refractivity contribution in [1.82, 2.24) is 10.2 Å². The molecule has 1 aliphatic heterocycles. The van der Waals surface area contributed by atoms with Crippen molar-refractivity contribution in [1.29, 1.82) is 0 Å². The summed E-state index contributed by atoms with van der Waals surface area (Å²) < 4.78 is 27.3. The molecule has 1 aromatic heterocycles. The standard InChI is InChI=1S/C19H16ClN5O4S2/c20-13-5-3-12(4-6-13)17(27)21-18-22-23-19(30-18)31(28,29)24-14-7-9-15(10-8-14)25-11-1-2-16(25)26/h3-10,24H,1-2,11H2,(H,21,22,27). The number of hydrogen-bond acceptors (Lipinski definition) is 7. The molecule has 1 saturated heterocycles. The van der Waals surface area contributed by atoms with E-state index in [9.17, 15) is 18.0 Å². The number of hydrogen-bond donors (Lipinski definition) is 2. The second-order valence-electron chi connectivity index (χ2n) is 6.64. The van der Waals surface area contributed by atoms with E-state index in [4.69, 9.17) is 11.6 Å². The molecule has 0 unspecified atom stereocenters. The Morgan fingerprint density at radius 2 is 1.77 bits per heavy atom. The lowest BCUT2D eigenvalue weighted by Gasteiger charge is -2.16. The van der Waals surface area contributed by atoms with Crippen LogP contribution in [0.3, 0.4) is 0 Å². The molecule has 0 saturated carbocycles. The monoisotopic (exact) mass is 477 g/mol. The van der Waals surface area contributed by atoms with Crippen molar-refractivity contribution in [3.8, 4) is 0 Å². The highest BCUT2D eigenvalue weighted by atomic mass is 35.5. The van der Waals surface area contributed by atoms with Crippen LogP contribution in [0.15, 0.2) is 52.9 Å². The number of rotatable bonds is 6. The normalized spacial score (nSPS) is 14.0. The van der Waals surface area contributed by atoms with Gasteiger partial charge in [0.1, 0.15) is 0 Å². The Morgan fingerprint density at radius 3 is 2.42 bits per heavy atom. The molecule has 2 N–H and O–H groups in total. The molecule has 3 aromatic rings. The molecule has 0 aliphatic carbocycles. The van der Waals surface area contributed by atoms with Crippen LogP contribution in [0.1, 0.15) is 23.2 Å². The van der Waals surface area contributed by atoms with Gasteiger partial charge in [-0.25, -0.2) is 0 Å². The fraction of sp³-hybridized carbons (Fsp3) is 0.158. The smallest absolute Gasteiger partial charge is 0.291 e. The average molecular weight is 478 g/mol. The van der Waals surface area contributed by atoms with Crippen LogP contribution in [0.4, 0.5) is 16.5 Å². The second-order valence-corrected chi connectivity index (χ2v) is 9.91. The summed E-state index contributed by atoms with van der Waals surface area (Å²) in [5, 5.41) is 10.4. The van der Waals surface area contributed by atoms with Crippen LogP contribution in [-0.4, -0.2) is 37.0 Å². The molecule has 12 heteroatoms. The summed E-state index contributed by atoms with van der Waals surface area (Å²) in [4.78, 5) is 25.7. The van der Waals surface area contributed by atoms with Crippen LogP contribution < -0.4 is 14.9 Å². The van der Waals surface area contributed by atoms with Gasteiger partial charge < -0.3 is 4.90 Å². The highest BCUT2D eigenvalue weighted by molar-refractivity contribution is 7.94. The van der Waals surface area contributed by atoms with Crippen molar-refractivity contribution in [3.05, 3.63) is 59.1 Å². The van der Waals surface area contributed by atoms with Gasteiger partial charge in [0.15, 0.2) is 0 Å². The first kappa shape index (κ1) is 21.2. The van der Waals surface area contributed by atoms with E-state index in [0.29, 0.717) is 34.9 Å². The van der Waals surface area contributed by atoms with Crippen LogP contribution >= 0.6 is 22.9 Å². The van der Waals surface area contributed by atoms with Gasteiger partial charge in [0, 0.05) is 34.9 Å². The van der Waals surface area contributed by atoms with E-state index in [-0.39, 0.29) is 15.4 Å². The van der Waals surface area contributed by atoms with Gasteiger partial charge in [-0.05, 0) is 55.0 Å². The maximum absolute atomic E-state index is 12.6. The molecule has 1 aliphatic rings. The minimum Gasteiger partial charge on any atom is -0.312 e. The van der Waals surface area contributed by atoms with Gasteiger partial charge in [-0.2, -0.15) is 8.42 Å². The Bertz CT molecular complexity index is 1230. The van der Waals surface area contributed by atoms with Crippen molar-refractivity contribution in [2.45, 2.75) is 17.2 Å². The Hall–Kier alpha value is -3.02. The third kappa shape index (κ3) is 4.84. The van der Waals surface area contributed by atoms with Crippen molar-refractivity contribution in [2.24, 2.45) is 0 Å². The molecule has 4 rings (SSSR count). The van der Waals surface area contributed by atoms with Gasteiger partial charge in [0.2, 0.25) is 11.0 Å². The van der Waals surface area contributed by atoms with E-state index >= 15 is 0 Å². The van der Waals surface area contributed by atoms with Gasteiger partial charge in [-0.3, -0.25) is 19.6 Å². The Balaban J connectivity index is 1.43. The van der Waals surface area contributed by atoms with Crippen LogP contribution in [0, 0.1) is 0 Å². The van der Waals surface area contributed by atoms with Gasteiger partial charge in [-0.1, -0.05) is 22.9 Å². The minimum absolute atomic E-state index is 0.0446. The zero-order valence-corrected chi connectivity index (χ0v) is 18.3. The summed E-state index contributed by atoms with van der Waals surface area (Å²) >= 11 is 6.53. The van der Waals surface area contributed by atoms with Crippen molar-refractivity contribution >= 4 is 61.3 Å². The molecule has 2 aromatic carbocycles. The zero-order valence-electron chi connectivity index (χ0n) is 15.9. The largest absolute Gasteiger partial charge is 0.312 e. The molecule has 9 nitrogen and oxygen atoms in total. The third-order valence-electron chi connectivity index (χ3n) is 4.47. The fourth-order valence-electron chi connectivity index (χ4n) is 2.97. The molecule has 0 bridgehead atoms. The number of carbonyl (C=O) groups excluding carboxylic acids is 2. The predicted octanol–water partition coefficient (Wildman–Crippen LogP) is 3.37. The summed E-state index contributed by atoms with van der Waals surface area (Å²) in [6.45, 7) is 0.652. The number of benzene rings is 2. The molecule has 31 heavy (non-hydrogen) atoms. The molecule has 1 fully saturated rings. The quantitative estimate of drug-likeness (QED) is 0.525. The van der Waals surface area contributed by atoms with Gasteiger partial charge in [0.05, 0.1) is 0 Å². The maximum atomic E-state index is 12.6. The van der Waals surface area contributed by atoms with E-state index < -0.39 is 15.9 Å². The third-order valence-corrected chi connectivity index (χ3v) is 7.31. The lowest BCUT2D eigenvalue weighted by molar-refractivity contribution is -0.117. The van der Waals surface area contributed by atoms with Crippen LogP contribution in [-0.2, 0) is 14.8 Å². The number of halogens is 1. The second kappa shape index (κ2) is 8.61. The van der Waals surface area contributed by atoms with E-state index in [1.807, 2.05) is 0 Å². The first-order valence-corrected chi connectivity index (χ1v) is 11.8. The molecule has 2 heterocycles. The minimum atomic E-state index is -4.00. The van der Waals surface area contributed by atoms with Gasteiger partial charge in [0.25, 0.3) is 20.3 Å². The Labute approximate surface area is 187 Å². The lowest BCUT2D eigenvalue weighted by Crippen LogP contribution is -2.23. The summed E-state index contributed by atoms with van der Waals surface area (Å²) in [6, 6.07) is 12.7. The number of amides is 2. The van der Waals surface area contributed by atoms with Gasteiger partial charge in [-0.15, -0.1) is 10.2 Å². The van der Waals surface area contributed by atoms with Crippen LogP contribution in [0.25, 0.3) is 0 Å². The van der Waals surface area contributed by atoms with Crippen LogP contribution in [0.5, 0.6) is 0 Å². The first-order valence-electron chi connectivity index (χ1n) is 9.15. The number of sulfonamides is 1. The van der Waals surface area contributed by atoms with E-state index in [1.165, 1.54) is 12.1 Å². The predicted molar refractivity (Wildman–Crippen MR) is 118 cm³/mol. The number of nitrogens with zero attached hydrogens (tertiary/aromatic N) is 3. The fourth-order valence-corrected chi connectivity index (χ4v) is 5.05. The molecular formula is C19H16ClN5O4S2. The topological polar surface area (TPSA) is 121 Å². The van der Waals surface area contributed by atoms with Crippen molar-refractivity contribution in [3.63, 3.8) is 0 Å². The molecule has 0 radical (unpaired) electrons. The Morgan fingerprint density at radius 1 is 1.06 bits per heavy atom. The van der Waals surface area contributed by atoms with E-state index in [1.54, 1.807) is 41.3 Å². The first-order chi connectivity index (χ1) is 14.8. The summed E-state index contributed by atoms with van der Waals surface area (Å²) in [5.41, 5.74) is 1.38. The van der Waals surface area contributed by atoms with E-state index in [0.717, 1.165) is 17.8 Å². The van der Waals surface area contributed by atoms with Crippen molar-refractivity contribution < 1.29 is 18.0 Å². The number of nitrogens with one attached hydrogen (secondary N) is 2. The highest BCUT2D eigenvalue weighted by Gasteiger charge is 2.23. The molecular weight excluding hydrogens is 462 g/mol. The zero-order chi connectivity index (χ0) is 22.0. The van der Waals surface area contributed by atoms with Crippen molar-refractivity contribution in [2.75, 3.05) is 21.5 Å². The number of aromatic nitrogens is 2. The number of carbonyl (C=O) groups is 2. The van der Waals surface area contributed by atoms with Gasteiger partial charge >= 0.3 is 0 Å². The lowest BCUT2D eigenvalue weighted by atomic mass is 10.2. The molecule has 160 valence electrons. The summed E-state index contributed by atoms with van der Waals surface area (Å²) in [7, 11) is -4.00.